The summed E-state index contributed by atoms with van der Waals surface area (Å²) >= 11 is 2.33. The summed E-state index contributed by atoms with van der Waals surface area (Å²) < 4.78 is 35.8. The standard InChI is InChI=1S/C14H12N2O4S3/c1-16-10-6-5-9(13(17)20-2)8-11(10)22-14(16)15-23(18,19)12-4-3-7-21-12/h3-8H,1-2H3/b15-14-. The summed E-state index contributed by atoms with van der Waals surface area (Å²) in [4.78, 5) is 11.9. The number of carbonyl (C=O) groups is 1. The normalized spacial score (nSPS) is 12.7. The van der Waals surface area contributed by atoms with Crippen molar-refractivity contribution >= 4 is 48.9 Å². The molecule has 2 aromatic heterocycles. The lowest BCUT2D eigenvalue weighted by molar-refractivity contribution is 0.0601. The third-order valence-corrected chi connectivity index (χ3v) is 7.03. The molecular weight excluding hydrogens is 356 g/mol. The lowest BCUT2D eigenvalue weighted by Gasteiger charge is -1.99. The van der Waals surface area contributed by atoms with Gasteiger partial charge in [-0.2, -0.15) is 8.42 Å². The van der Waals surface area contributed by atoms with Gasteiger partial charge in [0.2, 0.25) is 4.80 Å². The Hall–Kier alpha value is -1.97. The zero-order valence-corrected chi connectivity index (χ0v) is 14.7. The first-order chi connectivity index (χ1) is 10.9. The minimum absolute atomic E-state index is 0.199. The third-order valence-electron chi connectivity index (χ3n) is 3.18. The second-order valence-electron chi connectivity index (χ2n) is 4.62. The van der Waals surface area contributed by atoms with Gasteiger partial charge in [0.15, 0.2) is 0 Å². The van der Waals surface area contributed by atoms with Crippen LogP contribution in [0.2, 0.25) is 0 Å². The monoisotopic (exact) mass is 368 g/mol. The number of aromatic nitrogens is 1. The molecule has 6 nitrogen and oxygen atoms in total. The highest BCUT2D eigenvalue weighted by atomic mass is 32.2. The van der Waals surface area contributed by atoms with Gasteiger partial charge >= 0.3 is 5.97 Å². The maximum absolute atomic E-state index is 12.3. The summed E-state index contributed by atoms with van der Waals surface area (Å²) in [6.45, 7) is 0. The molecule has 0 radical (unpaired) electrons. The van der Waals surface area contributed by atoms with Crippen LogP contribution < -0.4 is 4.80 Å². The predicted octanol–water partition coefficient (Wildman–Crippen LogP) is 2.38. The van der Waals surface area contributed by atoms with Crippen LogP contribution in [-0.4, -0.2) is 26.1 Å². The van der Waals surface area contributed by atoms with Crippen molar-refractivity contribution in [3.63, 3.8) is 0 Å². The molecule has 0 atom stereocenters. The predicted molar refractivity (Wildman–Crippen MR) is 89.2 cm³/mol. The number of nitrogens with zero attached hydrogens (tertiary/aromatic N) is 2. The Bertz CT molecular complexity index is 1040. The number of carbonyl (C=O) groups excluding carboxylic acids is 1. The number of sulfonamides is 1. The maximum Gasteiger partial charge on any atom is 0.337 e. The second-order valence-corrected chi connectivity index (χ2v) is 8.40. The molecule has 0 saturated heterocycles. The van der Waals surface area contributed by atoms with Crippen molar-refractivity contribution in [2.24, 2.45) is 11.4 Å². The highest BCUT2D eigenvalue weighted by Crippen LogP contribution is 2.21. The number of benzene rings is 1. The van der Waals surface area contributed by atoms with Crippen molar-refractivity contribution in [1.29, 1.82) is 0 Å². The number of aryl methyl sites for hydroxylation is 1. The van der Waals surface area contributed by atoms with E-state index in [9.17, 15) is 13.2 Å². The number of thiazole rings is 1. The van der Waals surface area contributed by atoms with Crippen LogP contribution in [0.3, 0.4) is 0 Å². The SMILES string of the molecule is COC(=O)c1ccc2c(c1)s/c(=N\S(=O)(=O)c1cccs1)n2C. The highest BCUT2D eigenvalue weighted by molar-refractivity contribution is 7.92. The molecular formula is C14H12N2O4S3. The van der Waals surface area contributed by atoms with Crippen molar-refractivity contribution in [1.82, 2.24) is 4.57 Å². The van der Waals surface area contributed by atoms with Crippen LogP contribution in [0, 0.1) is 0 Å². The van der Waals surface area contributed by atoms with Crippen molar-refractivity contribution in [2.45, 2.75) is 4.21 Å². The molecule has 23 heavy (non-hydrogen) atoms. The average Bonchev–Trinajstić information content (AvgIpc) is 3.16. The molecule has 2 heterocycles. The zero-order chi connectivity index (χ0) is 16.6. The molecule has 0 aliphatic carbocycles. The number of ether oxygens (including phenoxy) is 1. The Morgan fingerprint density at radius 1 is 1.30 bits per heavy atom. The van der Waals surface area contributed by atoms with E-state index in [1.165, 1.54) is 24.5 Å². The molecule has 120 valence electrons. The average molecular weight is 368 g/mol. The largest absolute Gasteiger partial charge is 0.465 e. The first-order valence-corrected chi connectivity index (χ1v) is 9.58. The fourth-order valence-electron chi connectivity index (χ4n) is 2.03. The Morgan fingerprint density at radius 3 is 2.74 bits per heavy atom. The fourth-order valence-corrected chi connectivity index (χ4v) is 5.28. The minimum atomic E-state index is -3.73. The Labute approximate surface area is 140 Å². The van der Waals surface area contributed by atoms with Crippen LogP contribution in [0.1, 0.15) is 10.4 Å². The Kier molecular flexibility index (Phi) is 4.09. The summed E-state index contributed by atoms with van der Waals surface area (Å²) in [6, 6.07) is 8.24. The molecule has 0 fully saturated rings. The minimum Gasteiger partial charge on any atom is -0.465 e. The smallest absolute Gasteiger partial charge is 0.337 e. The van der Waals surface area contributed by atoms with Gasteiger partial charge in [-0.05, 0) is 29.6 Å². The molecule has 1 aromatic carbocycles. The number of hydrogen-bond acceptors (Lipinski definition) is 6. The van der Waals surface area contributed by atoms with Crippen molar-refractivity contribution in [3.05, 3.63) is 46.1 Å². The number of rotatable bonds is 3. The lowest BCUT2D eigenvalue weighted by Crippen LogP contribution is -2.13. The second kappa shape index (κ2) is 5.91. The topological polar surface area (TPSA) is 77.7 Å². The summed E-state index contributed by atoms with van der Waals surface area (Å²) in [7, 11) is -0.679. The van der Waals surface area contributed by atoms with Gasteiger partial charge in [-0.1, -0.05) is 17.4 Å². The summed E-state index contributed by atoms with van der Waals surface area (Å²) in [5.41, 5.74) is 1.21. The summed E-state index contributed by atoms with van der Waals surface area (Å²) in [6.07, 6.45) is 0. The first-order valence-electron chi connectivity index (χ1n) is 6.45. The zero-order valence-electron chi connectivity index (χ0n) is 12.2. The van der Waals surface area contributed by atoms with E-state index in [1.54, 1.807) is 41.3 Å². The van der Waals surface area contributed by atoms with Gasteiger partial charge in [0.25, 0.3) is 10.0 Å². The Balaban J connectivity index is 2.18. The first kappa shape index (κ1) is 15.9. The highest BCUT2D eigenvalue weighted by Gasteiger charge is 2.15. The summed E-state index contributed by atoms with van der Waals surface area (Å²) in [5.74, 6) is -0.437. The van der Waals surface area contributed by atoms with Gasteiger partial charge in [0, 0.05) is 7.05 Å². The quantitative estimate of drug-likeness (QED) is 0.665. The van der Waals surface area contributed by atoms with E-state index in [2.05, 4.69) is 4.40 Å². The van der Waals surface area contributed by atoms with E-state index >= 15 is 0 Å². The van der Waals surface area contributed by atoms with Gasteiger partial charge < -0.3 is 9.30 Å². The number of fused-ring (bicyclic) bond motifs is 1. The van der Waals surface area contributed by atoms with Crippen molar-refractivity contribution in [3.8, 4) is 0 Å². The van der Waals surface area contributed by atoms with Crippen molar-refractivity contribution < 1.29 is 17.9 Å². The van der Waals surface area contributed by atoms with Crippen LogP contribution in [-0.2, 0) is 21.8 Å². The molecule has 0 amide bonds. The Morgan fingerprint density at radius 2 is 2.09 bits per heavy atom. The van der Waals surface area contributed by atoms with Crippen LogP contribution in [0.5, 0.6) is 0 Å². The van der Waals surface area contributed by atoms with Crippen LogP contribution >= 0.6 is 22.7 Å². The fraction of sp³-hybridized carbons (Fsp3) is 0.143. The van der Waals surface area contributed by atoms with E-state index in [1.807, 2.05) is 0 Å². The van der Waals surface area contributed by atoms with E-state index in [0.29, 0.717) is 10.4 Å². The number of hydrogen-bond donors (Lipinski definition) is 0. The van der Waals surface area contributed by atoms with Gasteiger partial charge in [0.1, 0.15) is 4.21 Å². The van der Waals surface area contributed by atoms with Gasteiger partial charge in [-0.3, -0.25) is 0 Å². The third kappa shape index (κ3) is 2.94. The van der Waals surface area contributed by atoms with Crippen molar-refractivity contribution in [2.75, 3.05) is 7.11 Å². The molecule has 3 aromatic rings. The number of thiophene rings is 1. The summed E-state index contributed by atoms with van der Waals surface area (Å²) in [5, 5.41) is 1.69. The maximum atomic E-state index is 12.3. The molecule has 3 rings (SSSR count). The molecule has 0 N–H and O–H groups in total. The number of methoxy groups -OCH3 is 1. The van der Waals surface area contributed by atoms with Crippen LogP contribution in [0.4, 0.5) is 0 Å². The van der Waals surface area contributed by atoms with E-state index in [4.69, 9.17) is 4.74 Å². The van der Waals surface area contributed by atoms with Crippen LogP contribution in [0.15, 0.2) is 44.3 Å². The van der Waals surface area contributed by atoms with Crippen LogP contribution in [0.25, 0.3) is 10.2 Å². The van der Waals surface area contributed by atoms with E-state index < -0.39 is 16.0 Å². The molecule has 0 spiro atoms. The van der Waals surface area contributed by atoms with Gasteiger partial charge in [-0.15, -0.1) is 15.7 Å². The van der Waals surface area contributed by atoms with Gasteiger partial charge in [-0.25, -0.2) is 4.79 Å². The molecule has 9 heteroatoms. The molecule has 0 bridgehead atoms. The molecule has 0 unspecified atom stereocenters. The lowest BCUT2D eigenvalue weighted by atomic mass is 10.2. The molecule has 0 saturated carbocycles. The van der Waals surface area contributed by atoms with E-state index in [0.717, 1.165) is 21.6 Å². The van der Waals surface area contributed by atoms with E-state index in [-0.39, 0.29) is 4.21 Å². The number of esters is 1. The van der Waals surface area contributed by atoms with Gasteiger partial charge in [0.05, 0.1) is 22.9 Å². The molecule has 0 aliphatic heterocycles. The molecule has 0 aliphatic rings.